The molecule has 0 fully saturated rings. The van der Waals surface area contributed by atoms with Crippen molar-refractivity contribution in [2.24, 2.45) is 0 Å². The van der Waals surface area contributed by atoms with Crippen LogP contribution in [0.4, 0.5) is 0 Å². The van der Waals surface area contributed by atoms with Crippen LogP contribution in [-0.2, 0) is 6.54 Å². The van der Waals surface area contributed by atoms with Crippen LogP contribution in [-0.4, -0.2) is 39.6 Å². The third-order valence-electron chi connectivity index (χ3n) is 3.63. The van der Waals surface area contributed by atoms with E-state index in [9.17, 15) is 19.5 Å². The lowest BCUT2D eigenvalue weighted by atomic mass is 10.1. The third kappa shape index (κ3) is 3.24. The number of aromatic carboxylic acids is 1. The average molecular weight is 317 g/mol. The Morgan fingerprint density at radius 2 is 1.87 bits per heavy atom. The standard InChI is InChI=1S/C16H19N3O4/c1-9-5-6-11(7-10(9)2)19-14(20)12(8-18(3)4)13(15(21)22)17-16(19)23/h5-7H,8H2,1-4H3,(H,17,23)(H,21,22). The first-order valence-electron chi connectivity index (χ1n) is 7.06. The van der Waals surface area contributed by atoms with Crippen molar-refractivity contribution in [1.82, 2.24) is 14.5 Å². The van der Waals surface area contributed by atoms with Gasteiger partial charge in [-0.25, -0.2) is 14.2 Å². The number of H-pyrrole nitrogens is 1. The molecule has 0 atom stereocenters. The number of benzene rings is 1. The Morgan fingerprint density at radius 1 is 1.22 bits per heavy atom. The van der Waals surface area contributed by atoms with Crippen molar-refractivity contribution in [3.05, 3.63) is 61.4 Å². The zero-order chi connectivity index (χ0) is 17.3. The van der Waals surface area contributed by atoms with Crippen LogP contribution >= 0.6 is 0 Å². The number of nitrogens with one attached hydrogen (secondary N) is 1. The molecule has 0 aliphatic rings. The number of hydrogen-bond acceptors (Lipinski definition) is 4. The van der Waals surface area contributed by atoms with Gasteiger partial charge in [0.15, 0.2) is 0 Å². The molecule has 2 aromatic rings. The van der Waals surface area contributed by atoms with Gasteiger partial charge < -0.3 is 15.0 Å². The number of carboxylic acids is 1. The quantitative estimate of drug-likeness (QED) is 0.873. The van der Waals surface area contributed by atoms with Gasteiger partial charge in [-0.2, -0.15) is 0 Å². The SMILES string of the molecule is Cc1ccc(-n2c(=O)[nH]c(C(=O)O)c(CN(C)C)c2=O)cc1C. The molecule has 2 N–H and O–H groups in total. The predicted molar refractivity (Wildman–Crippen MR) is 86.5 cm³/mol. The minimum Gasteiger partial charge on any atom is -0.477 e. The third-order valence-corrected chi connectivity index (χ3v) is 3.63. The lowest BCUT2D eigenvalue weighted by molar-refractivity contribution is 0.0687. The first-order valence-corrected chi connectivity index (χ1v) is 7.06. The lowest BCUT2D eigenvalue weighted by Crippen LogP contribution is -2.39. The number of carbonyl (C=O) groups is 1. The zero-order valence-electron chi connectivity index (χ0n) is 13.5. The van der Waals surface area contributed by atoms with Crippen molar-refractivity contribution in [2.75, 3.05) is 14.1 Å². The molecular formula is C16H19N3O4. The number of aromatic amines is 1. The van der Waals surface area contributed by atoms with E-state index in [1.807, 2.05) is 19.9 Å². The highest BCUT2D eigenvalue weighted by atomic mass is 16.4. The Kier molecular flexibility index (Phi) is 4.51. The van der Waals surface area contributed by atoms with E-state index in [2.05, 4.69) is 4.98 Å². The largest absolute Gasteiger partial charge is 0.477 e. The maximum absolute atomic E-state index is 12.7. The molecule has 0 aliphatic carbocycles. The van der Waals surface area contributed by atoms with Gasteiger partial charge in [-0.15, -0.1) is 0 Å². The molecule has 0 amide bonds. The van der Waals surface area contributed by atoms with Gasteiger partial charge in [0.25, 0.3) is 5.56 Å². The number of carboxylic acid groups (broad SMARTS) is 1. The first kappa shape index (κ1) is 16.7. The maximum Gasteiger partial charge on any atom is 0.352 e. The van der Waals surface area contributed by atoms with Crippen LogP contribution in [0.5, 0.6) is 0 Å². The Hall–Kier alpha value is -2.67. The van der Waals surface area contributed by atoms with Crippen LogP contribution in [0.2, 0.25) is 0 Å². The van der Waals surface area contributed by atoms with Crippen molar-refractivity contribution < 1.29 is 9.90 Å². The summed E-state index contributed by atoms with van der Waals surface area (Å²) in [5, 5.41) is 9.23. The molecule has 23 heavy (non-hydrogen) atoms. The van der Waals surface area contributed by atoms with Crippen molar-refractivity contribution >= 4 is 5.97 Å². The fourth-order valence-electron chi connectivity index (χ4n) is 2.32. The molecule has 7 nitrogen and oxygen atoms in total. The van der Waals surface area contributed by atoms with E-state index in [1.165, 1.54) is 0 Å². The highest BCUT2D eigenvalue weighted by Crippen LogP contribution is 2.12. The van der Waals surface area contributed by atoms with Gasteiger partial charge in [-0.05, 0) is 51.2 Å². The van der Waals surface area contributed by atoms with E-state index in [4.69, 9.17) is 0 Å². The van der Waals surface area contributed by atoms with E-state index in [0.29, 0.717) is 5.69 Å². The fraction of sp³-hybridized carbons (Fsp3) is 0.312. The minimum atomic E-state index is -1.33. The molecule has 7 heteroatoms. The van der Waals surface area contributed by atoms with Crippen molar-refractivity contribution in [3.8, 4) is 5.69 Å². The molecule has 0 spiro atoms. The number of rotatable bonds is 4. The van der Waals surface area contributed by atoms with E-state index in [1.54, 1.807) is 31.1 Å². The van der Waals surface area contributed by atoms with Gasteiger partial charge in [-0.1, -0.05) is 6.07 Å². The van der Waals surface area contributed by atoms with Gasteiger partial charge in [0.05, 0.1) is 11.3 Å². The molecule has 2 rings (SSSR count). The van der Waals surface area contributed by atoms with Gasteiger partial charge >= 0.3 is 11.7 Å². The summed E-state index contributed by atoms with van der Waals surface area (Å²) in [6, 6.07) is 5.21. The van der Waals surface area contributed by atoms with Crippen molar-refractivity contribution in [3.63, 3.8) is 0 Å². The maximum atomic E-state index is 12.7. The molecular weight excluding hydrogens is 298 g/mol. The fourth-order valence-corrected chi connectivity index (χ4v) is 2.32. The number of hydrogen-bond donors (Lipinski definition) is 2. The van der Waals surface area contributed by atoms with Crippen molar-refractivity contribution in [1.29, 1.82) is 0 Å². The highest BCUT2D eigenvalue weighted by Gasteiger charge is 2.20. The molecule has 0 saturated heterocycles. The summed E-state index contributed by atoms with van der Waals surface area (Å²) in [6.07, 6.45) is 0. The smallest absolute Gasteiger partial charge is 0.352 e. The van der Waals surface area contributed by atoms with Crippen LogP contribution in [0.15, 0.2) is 27.8 Å². The van der Waals surface area contributed by atoms with Gasteiger partial charge in [0.2, 0.25) is 0 Å². The predicted octanol–water partition coefficient (Wildman–Crippen LogP) is 0.902. The van der Waals surface area contributed by atoms with Crippen LogP contribution in [0.1, 0.15) is 27.2 Å². The minimum absolute atomic E-state index is 0.0420. The molecule has 0 unspecified atom stereocenters. The second kappa shape index (κ2) is 6.21. The lowest BCUT2D eigenvalue weighted by Gasteiger charge is -2.14. The van der Waals surface area contributed by atoms with E-state index < -0.39 is 17.2 Å². The Labute approximate surface area is 132 Å². The summed E-state index contributed by atoms with van der Waals surface area (Å²) in [4.78, 5) is 40.2. The normalized spacial score (nSPS) is 11.0. The second-order valence-electron chi connectivity index (χ2n) is 5.74. The number of aryl methyl sites for hydroxylation is 2. The molecule has 0 radical (unpaired) electrons. The molecule has 1 heterocycles. The topological polar surface area (TPSA) is 95.4 Å². The van der Waals surface area contributed by atoms with Crippen LogP contribution < -0.4 is 11.2 Å². The van der Waals surface area contributed by atoms with Crippen molar-refractivity contribution in [2.45, 2.75) is 20.4 Å². The van der Waals surface area contributed by atoms with Crippen LogP contribution in [0.3, 0.4) is 0 Å². The highest BCUT2D eigenvalue weighted by molar-refractivity contribution is 5.86. The molecule has 122 valence electrons. The van der Waals surface area contributed by atoms with Gasteiger partial charge in [-0.3, -0.25) is 4.79 Å². The molecule has 0 bridgehead atoms. The van der Waals surface area contributed by atoms with Crippen LogP contribution in [0, 0.1) is 13.8 Å². The Balaban J connectivity index is 2.79. The molecule has 0 aliphatic heterocycles. The zero-order valence-corrected chi connectivity index (χ0v) is 13.5. The average Bonchev–Trinajstić information content (AvgIpc) is 2.45. The summed E-state index contributed by atoms with van der Waals surface area (Å²) < 4.78 is 0.970. The van der Waals surface area contributed by atoms with Gasteiger partial charge in [0, 0.05) is 6.54 Å². The van der Waals surface area contributed by atoms with E-state index >= 15 is 0 Å². The Morgan fingerprint density at radius 3 is 2.39 bits per heavy atom. The number of aromatic nitrogens is 2. The van der Waals surface area contributed by atoms with E-state index in [-0.39, 0.29) is 17.8 Å². The summed E-state index contributed by atoms with van der Waals surface area (Å²) in [6.45, 7) is 3.92. The first-order chi connectivity index (χ1) is 10.7. The van der Waals surface area contributed by atoms with Gasteiger partial charge in [0.1, 0.15) is 5.69 Å². The summed E-state index contributed by atoms with van der Waals surface area (Å²) in [5.74, 6) is -1.33. The molecule has 1 aromatic heterocycles. The molecule has 1 aromatic carbocycles. The summed E-state index contributed by atoms with van der Waals surface area (Å²) in [5.41, 5.74) is 0.672. The number of nitrogens with zero attached hydrogens (tertiary/aromatic N) is 2. The molecule has 0 saturated carbocycles. The monoisotopic (exact) mass is 317 g/mol. The van der Waals surface area contributed by atoms with Crippen LogP contribution in [0.25, 0.3) is 5.69 Å². The summed E-state index contributed by atoms with van der Waals surface area (Å²) in [7, 11) is 3.44. The summed E-state index contributed by atoms with van der Waals surface area (Å²) >= 11 is 0. The Bertz CT molecular complexity index is 878. The van der Waals surface area contributed by atoms with E-state index in [0.717, 1.165) is 15.7 Å². The second-order valence-corrected chi connectivity index (χ2v) is 5.74.